The summed E-state index contributed by atoms with van der Waals surface area (Å²) in [7, 11) is 0.495. The Morgan fingerprint density at radius 3 is 2.75 bits per heavy atom. The zero-order valence-electron chi connectivity index (χ0n) is 18.8. The number of amides is 1. The summed E-state index contributed by atoms with van der Waals surface area (Å²) in [5, 5.41) is 5.83. The molecule has 6 nitrogen and oxygen atoms in total. The molecule has 0 N–H and O–H groups in total. The second-order valence-corrected chi connectivity index (χ2v) is 10.9. The summed E-state index contributed by atoms with van der Waals surface area (Å²) in [5.74, 6) is 0.751. The number of aromatic nitrogens is 3. The minimum absolute atomic E-state index is 0.0723. The van der Waals surface area contributed by atoms with Gasteiger partial charge in [0.05, 0.1) is 34.6 Å². The highest BCUT2D eigenvalue weighted by Crippen LogP contribution is 2.45. The van der Waals surface area contributed by atoms with E-state index in [2.05, 4.69) is 41.2 Å². The maximum Gasteiger partial charge on any atom is 0.252 e. The first-order valence-corrected chi connectivity index (χ1v) is 13.0. The zero-order valence-corrected chi connectivity index (χ0v) is 19.8. The van der Waals surface area contributed by atoms with Gasteiger partial charge in [0.1, 0.15) is 0 Å². The van der Waals surface area contributed by atoms with Gasteiger partial charge >= 0.3 is 0 Å². The van der Waals surface area contributed by atoms with Crippen molar-refractivity contribution in [3.8, 4) is 0 Å². The van der Waals surface area contributed by atoms with Gasteiger partial charge in [-0.05, 0) is 69.7 Å². The first kappa shape index (κ1) is 20.3. The molecule has 0 aromatic carbocycles. The molecule has 7 heteroatoms. The average molecular weight is 448 g/mol. The van der Waals surface area contributed by atoms with Crippen molar-refractivity contribution < 1.29 is 4.79 Å². The number of hydrogen-bond acceptors (Lipinski definition) is 4. The van der Waals surface area contributed by atoms with Crippen LogP contribution in [0.25, 0.3) is 10.8 Å². The van der Waals surface area contributed by atoms with E-state index in [4.69, 9.17) is 5.10 Å². The van der Waals surface area contributed by atoms with Gasteiger partial charge in [0.25, 0.3) is 5.91 Å². The van der Waals surface area contributed by atoms with Crippen LogP contribution in [-0.4, -0.2) is 55.2 Å². The van der Waals surface area contributed by atoms with Crippen LogP contribution in [0, 0.1) is 12.8 Å². The summed E-state index contributed by atoms with van der Waals surface area (Å²) in [6, 6.07) is 2.95. The third-order valence-corrected chi connectivity index (χ3v) is 8.69. The van der Waals surface area contributed by atoms with Crippen LogP contribution in [0.4, 0.5) is 0 Å². The maximum absolute atomic E-state index is 13.1. The molecule has 2 fully saturated rings. The summed E-state index contributed by atoms with van der Waals surface area (Å²) in [6.45, 7) is 6.51. The Balaban J connectivity index is 1.22. The van der Waals surface area contributed by atoms with Crippen LogP contribution >= 0.6 is 8.58 Å². The third kappa shape index (κ3) is 3.64. The molecule has 6 rings (SSSR count). The number of aryl methyl sites for hydroxylation is 2. The Morgan fingerprint density at radius 2 is 2.00 bits per heavy atom. The summed E-state index contributed by atoms with van der Waals surface area (Å²) < 4.78 is 1.92. The highest BCUT2D eigenvalue weighted by atomic mass is 31.1. The Kier molecular flexibility index (Phi) is 5.03. The van der Waals surface area contributed by atoms with Gasteiger partial charge in [0.15, 0.2) is 0 Å². The van der Waals surface area contributed by atoms with Gasteiger partial charge in [0, 0.05) is 23.6 Å². The van der Waals surface area contributed by atoms with E-state index in [1.165, 1.54) is 44.3 Å². The van der Waals surface area contributed by atoms with E-state index in [0.29, 0.717) is 14.5 Å². The molecule has 5 heterocycles. The SMILES string of the molecule is CCc1nc(C)cn2nc(C3=CC(=O)N4C=C(C5CCN(C6CC6)CC5)C=CC4P3)cc12. The lowest BCUT2D eigenvalue weighted by atomic mass is 9.88. The number of carbonyl (C=O) groups excluding carboxylic acids is 1. The number of fused-ring (bicyclic) bond motifs is 2. The molecule has 2 aromatic heterocycles. The van der Waals surface area contributed by atoms with Gasteiger partial charge in [-0.25, -0.2) is 4.52 Å². The standard InChI is InChI=1S/C25H30N5OP/c1-3-20-22-12-21(27-30(22)14-16(2)26-20)23-13-24(31)29-15-18(4-7-25(29)32-23)17-8-10-28(11-9-17)19-5-6-19/h4,7,12-15,17,19,25,32H,3,5-6,8-11H2,1-2H3. The maximum atomic E-state index is 13.1. The van der Waals surface area contributed by atoms with Crippen molar-refractivity contribution in [3.05, 3.63) is 59.3 Å². The number of carbonyl (C=O) groups is 1. The smallest absolute Gasteiger partial charge is 0.252 e. The quantitative estimate of drug-likeness (QED) is 0.662. The topological polar surface area (TPSA) is 53.7 Å². The molecule has 1 amide bonds. The summed E-state index contributed by atoms with van der Waals surface area (Å²) in [4.78, 5) is 22.4. The van der Waals surface area contributed by atoms with Crippen molar-refractivity contribution in [2.24, 2.45) is 5.92 Å². The van der Waals surface area contributed by atoms with Crippen LogP contribution in [0.5, 0.6) is 0 Å². The van der Waals surface area contributed by atoms with Crippen molar-refractivity contribution >= 4 is 25.3 Å². The summed E-state index contributed by atoms with van der Waals surface area (Å²) in [5.41, 5.74) is 5.27. The van der Waals surface area contributed by atoms with E-state index < -0.39 is 0 Å². The first-order chi connectivity index (χ1) is 15.6. The fourth-order valence-electron chi connectivity index (χ4n) is 5.30. The molecular weight excluding hydrogens is 417 g/mol. The minimum Gasteiger partial charge on any atom is -0.304 e. The molecule has 1 saturated heterocycles. The van der Waals surface area contributed by atoms with E-state index >= 15 is 0 Å². The normalized spacial score (nSPS) is 25.4. The molecule has 0 radical (unpaired) electrons. The van der Waals surface area contributed by atoms with E-state index in [0.717, 1.165) is 40.4 Å². The van der Waals surface area contributed by atoms with Crippen molar-refractivity contribution in [2.75, 3.05) is 13.1 Å². The van der Waals surface area contributed by atoms with Crippen LogP contribution in [0.15, 0.2) is 42.3 Å². The van der Waals surface area contributed by atoms with Gasteiger partial charge in [-0.3, -0.25) is 9.78 Å². The molecule has 32 heavy (non-hydrogen) atoms. The Bertz CT molecular complexity index is 1170. The van der Waals surface area contributed by atoms with Gasteiger partial charge < -0.3 is 9.80 Å². The number of piperidine rings is 1. The second-order valence-electron chi connectivity index (χ2n) is 9.46. The van der Waals surface area contributed by atoms with Crippen LogP contribution in [0.2, 0.25) is 0 Å². The summed E-state index contributed by atoms with van der Waals surface area (Å²) >= 11 is 0. The molecule has 0 spiro atoms. The van der Waals surface area contributed by atoms with E-state index in [1.54, 1.807) is 6.08 Å². The van der Waals surface area contributed by atoms with Gasteiger partial charge in [-0.2, -0.15) is 5.10 Å². The third-order valence-electron chi connectivity index (χ3n) is 7.21. The molecule has 2 unspecified atom stereocenters. The molecule has 2 aromatic rings. The lowest BCUT2D eigenvalue weighted by Crippen LogP contribution is -2.38. The highest BCUT2D eigenvalue weighted by molar-refractivity contribution is 7.51. The Labute approximate surface area is 190 Å². The molecule has 4 aliphatic rings. The number of hydrogen-bond donors (Lipinski definition) is 0. The molecule has 3 aliphatic heterocycles. The fraction of sp³-hybridized carbons (Fsp3) is 0.480. The van der Waals surface area contributed by atoms with Crippen molar-refractivity contribution in [2.45, 2.75) is 57.8 Å². The van der Waals surface area contributed by atoms with Crippen molar-refractivity contribution in [1.82, 2.24) is 24.4 Å². The Hall–Kier alpha value is -2.30. The molecule has 2 atom stereocenters. The van der Waals surface area contributed by atoms with Gasteiger partial charge in [-0.1, -0.05) is 27.7 Å². The predicted molar refractivity (Wildman–Crippen MR) is 129 cm³/mol. The lowest BCUT2D eigenvalue weighted by Gasteiger charge is -2.37. The van der Waals surface area contributed by atoms with Crippen LogP contribution in [0.1, 0.15) is 49.7 Å². The van der Waals surface area contributed by atoms with Crippen molar-refractivity contribution in [1.29, 1.82) is 0 Å². The average Bonchev–Trinajstić information content (AvgIpc) is 3.57. The van der Waals surface area contributed by atoms with Crippen LogP contribution in [-0.2, 0) is 11.2 Å². The molecule has 1 saturated carbocycles. The monoisotopic (exact) mass is 447 g/mol. The zero-order chi connectivity index (χ0) is 21.8. The van der Waals surface area contributed by atoms with E-state index in [-0.39, 0.29) is 11.7 Å². The lowest BCUT2D eigenvalue weighted by molar-refractivity contribution is -0.123. The van der Waals surface area contributed by atoms with Gasteiger partial charge in [-0.15, -0.1) is 0 Å². The van der Waals surface area contributed by atoms with Crippen LogP contribution < -0.4 is 0 Å². The second kappa shape index (κ2) is 7.93. The highest BCUT2D eigenvalue weighted by Gasteiger charge is 2.34. The van der Waals surface area contributed by atoms with Gasteiger partial charge in [0.2, 0.25) is 0 Å². The predicted octanol–water partition coefficient (Wildman–Crippen LogP) is 4.12. The largest absolute Gasteiger partial charge is 0.304 e. The van der Waals surface area contributed by atoms with E-state index in [1.807, 2.05) is 22.5 Å². The van der Waals surface area contributed by atoms with Crippen molar-refractivity contribution in [3.63, 3.8) is 0 Å². The summed E-state index contributed by atoms with van der Waals surface area (Å²) in [6.07, 6.45) is 16.5. The van der Waals surface area contributed by atoms with Crippen LogP contribution in [0.3, 0.4) is 0 Å². The molecule has 0 bridgehead atoms. The number of likely N-dealkylation sites (tertiary alicyclic amines) is 1. The van der Waals surface area contributed by atoms with E-state index in [9.17, 15) is 4.79 Å². The Morgan fingerprint density at radius 1 is 1.19 bits per heavy atom. The number of nitrogens with zero attached hydrogens (tertiary/aromatic N) is 5. The number of allylic oxidation sites excluding steroid dienone is 2. The molecular formula is C25H30N5OP. The fourth-order valence-corrected chi connectivity index (χ4v) is 6.63. The molecule has 166 valence electrons. The first-order valence-electron chi connectivity index (χ1n) is 11.9. The minimum atomic E-state index is 0.0723. The number of rotatable bonds is 4. The molecule has 1 aliphatic carbocycles.